The van der Waals surface area contributed by atoms with Gasteiger partial charge in [-0.15, -0.1) is 0 Å². The Morgan fingerprint density at radius 3 is 2.48 bits per heavy atom. The molecule has 0 saturated heterocycles. The number of nitrogens with one attached hydrogen (secondary N) is 1. The number of rotatable bonds is 4. The fraction of sp³-hybridized carbons (Fsp3) is 0.562. The van der Waals surface area contributed by atoms with Gasteiger partial charge in [0.25, 0.3) is 0 Å². The molecule has 118 valence electrons. The molecule has 1 aromatic rings. The maximum Gasteiger partial charge on any atom is 0.407 e. The van der Waals surface area contributed by atoms with E-state index in [1.165, 1.54) is 6.07 Å². The Kier molecular flexibility index (Phi) is 5.34. The number of benzene rings is 1. The molecule has 5 heteroatoms. The number of alkyl carbamates (subject to hydrolysis) is 1. The van der Waals surface area contributed by atoms with Crippen molar-refractivity contribution in [2.75, 3.05) is 13.1 Å². The van der Waals surface area contributed by atoms with Crippen molar-refractivity contribution in [2.24, 2.45) is 5.73 Å². The van der Waals surface area contributed by atoms with E-state index in [1.54, 1.807) is 32.9 Å². The molecule has 0 radical (unpaired) electrons. The summed E-state index contributed by atoms with van der Waals surface area (Å²) in [6.45, 7) is 9.49. The zero-order valence-electron chi connectivity index (χ0n) is 13.4. The molecule has 1 rings (SSSR count). The Balaban J connectivity index is 2.86. The number of aryl methyl sites for hydroxylation is 1. The normalized spacial score (nSPS) is 14.4. The highest BCUT2D eigenvalue weighted by Gasteiger charge is 2.29. The van der Waals surface area contributed by atoms with Gasteiger partial charge >= 0.3 is 6.09 Å². The number of hydrogen-bond acceptors (Lipinski definition) is 3. The first-order valence-corrected chi connectivity index (χ1v) is 7.01. The predicted octanol–water partition coefficient (Wildman–Crippen LogP) is 2.88. The van der Waals surface area contributed by atoms with Gasteiger partial charge in [0.1, 0.15) is 11.4 Å². The third-order valence-corrected chi connectivity index (χ3v) is 3.24. The van der Waals surface area contributed by atoms with Crippen molar-refractivity contribution < 1.29 is 13.9 Å². The van der Waals surface area contributed by atoms with Gasteiger partial charge in [0.05, 0.1) is 0 Å². The number of hydrogen-bond donors (Lipinski definition) is 2. The average Bonchev–Trinajstić information content (AvgIpc) is 2.37. The van der Waals surface area contributed by atoms with E-state index in [-0.39, 0.29) is 18.9 Å². The van der Waals surface area contributed by atoms with E-state index in [2.05, 4.69) is 5.32 Å². The molecular weight excluding hydrogens is 271 g/mol. The first-order valence-electron chi connectivity index (χ1n) is 7.01. The van der Waals surface area contributed by atoms with Crippen molar-refractivity contribution in [1.82, 2.24) is 5.32 Å². The monoisotopic (exact) mass is 296 g/mol. The molecule has 3 N–H and O–H groups in total. The van der Waals surface area contributed by atoms with Crippen LogP contribution in [-0.4, -0.2) is 24.8 Å². The number of ether oxygens (including phenoxy) is 1. The van der Waals surface area contributed by atoms with Crippen molar-refractivity contribution in [1.29, 1.82) is 0 Å². The summed E-state index contributed by atoms with van der Waals surface area (Å²) in [6, 6.07) is 4.89. The van der Waals surface area contributed by atoms with Gasteiger partial charge in [-0.2, -0.15) is 0 Å². The molecule has 1 aromatic carbocycles. The Labute approximate surface area is 125 Å². The van der Waals surface area contributed by atoms with Crippen LogP contribution in [0, 0.1) is 12.7 Å². The van der Waals surface area contributed by atoms with Gasteiger partial charge in [-0.3, -0.25) is 0 Å². The number of carbonyl (C=O) groups is 1. The number of carbonyl (C=O) groups excluding carboxylic acids is 1. The van der Waals surface area contributed by atoms with Gasteiger partial charge < -0.3 is 15.8 Å². The van der Waals surface area contributed by atoms with E-state index >= 15 is 0 Å². The average molecular weight is 296 g/mol. The largest absolute Gasteiger partial charge is 0.444 e. The van der Waals surface area contributed by atoms with Crippen molar-refractivity contribution in [3.63, 3.8) is 0 Å². The van der Waals surface area contributed by atoms with Crippen LogP contribution in [0.5, 0.6) is 0 Å². The summed E-state index contributed by atoms with van der Waals surface area (Å²) in [7, 11) is 0. The zero-order valence-corrected chi connectivity index (χ0v) is 13.4. The lowest BCUT2D eigenvalue weighted by Gasteiger charge is -2.30. The minimum atomic E-state index is -0.687. The Morgan fingerprint density at radius 2 is 1.95 bits per heavy atom. The molecule has 0 aromatic heterocycles. The molecule has 0 saturated carbocycles. The first kappa shape index (κ1) is 17.4. The van der Waals surface area contributed by atoms with Gasteiger partial charge in [0, 0.05) is 18.5 Å². The number of nitrogens with two attached hydrogens (primary N) is 1. The molecule has 1 unspecified atom stereocenters. The summed E-state index contributed by atoms with van der Waals surface area (Å²) in [5.74, 6) is -0.320. The summed E-state index contributed by atoms with van der Waals surface area (Å²) < 4.78 is 19.2. The predicted molar refractivity (Wildman–Crippen MR) is 81.8 cm³/mol. The van der Waals surface area contributed by atoms with Crippen molar-refractivity contribution in [3.8, 4) is 0 Å². The van der Waals surface area contributed by atoms with Crippen LogP contribution in [0.25, 0.3) is 0 Å². The summed E-state index contributed by atoms with van der Waals surface area (Å²) in [4.78, 5) is 11.7. The van der Waals surface area contributed by atoms with Crippen LogP contribution in [0.3, 0.4) is 0 Å². The Bertz CT molecular complexity index is 511. The van der Waals surface area contributed by atoms with Crippen LogP contribution in [0.1, 0.15) is 38.8 Å². The van der Waals surface area contributed by atoms with Crippen LogP contribution >= 0.6 is 0 Å². The highest BCUT2D eigenvalue weighted by Crippen LogP contribution is 2.26. The fourth-order valence-electron chi connectivity index (χ4n) is 1.96. The van der Waals surface area contributed by atoms with Gasteiger partial charge in [-0.25, -0.2) is 9.18 Å². The quantitative estimate of drug-likeness (QED) is 0.898. The second kappa shape index (κ2) is 6.43. The van der Waals surface area contributed by atoms with E-state index in [9.17, 15) is 9.18 Å². The number of amides is 1. The first-order chi connectivity index (χ1) is 9.57. The molecule has 0 heterocycles. The molecule has 1 amide bonds. The molecule has 4 nitrogen and oxygen atoms in total. The molecule has 0 aliphatic rings. The van der Waals surface area contributed by atoms with Crippen LogP contribution in [0.15, 0.2) is 18.2 Å². The SMILES string of the molecule is Cc1ccc(F)c(C(C)(CN)CNC(=O)OC(C)(C)C)c1. The van der Waals surface area contributed by atoms with Crippen molar-refractivity contribution in [2.45, 2.75) is 45.6 Å². The lowest BCUT2D eigenvalue weighted by atomic mass is 9.81. The molecular formula is C16H25FN2O2. The second-order valence-corrected chi connectivity index (χ2v) is 6.60. The molecule has 0 fully saturated rings. The third kappa shape index (κ3) is 5.01. The molecule has 21 heavy (non-hydrogen) atoms. The molecule has 1 atom stereocenters. The molecule has 0 aliphatic heterocycles. The lowest BCUT2D eigenvalue weighted by Crippen LogP contribution is -2.45. The minimum absolute atomic E-state index is 0.207. The zero-order chi connectivity index (χ0) is 16.3. The second-order valence-electron chi connectivity index (χ2n) is 6.60. The summed E-state index contributed by atoms with van der Waals surface area (Å²) in [5, 5.41) is 2.67. The van der Waals surface area contributed by atoms with Crippen molar-refractivity contribution in [3.05, 3.63) is 35.1 Å². The van der Waals surface area contributed by atoms with Gasteiger partial charge in [-0.1, -0.05) is 24.6 Å². The summed E-state index contributed by atoms with van der Waals surface area (Å²) in [5.41, 5.74) is 6.00. The molecule has 0 spiro atoms. The smallest absolute Gasteiger partial charge is 0.407 e. The Morgan fingerprint density at radius 1 is 1.33 bits per heavy atom. The van der Waals surface area contributed by atoms with Gasteiger partial charge in [0.2, 0.25) is 0 Å². The third-order valence-electron chi connectivity index (χ3n) is 3.24. The topological polar surface area (TPSA) is 64.3 Å². The molecule has 0 aliphatic carbocycles. The fourth-order valence-corrected chi connectivity index (χ4v) is 1.96. The van der Waals surface area contributed by atoms with E-state index < -0.39 is 17.1 Å². The summed E-state index contributed by atoms with van der Waals surface area (Å²) in [6.07, 6.45) is -0.532. The standard InChI is InChI=1S/C16H25FN2O2/c1-11-6-7-13(17)12(8-11)16(5,9-18)10-19-14(20)21-15(2,3)4/h6-8H,9-10,18H2,1-5H3,(H,19,20). The van der Waals surface area contributed by atoms with E-state index in [4.69, 9.17) is 10.5 Å². The minimum Gasteiger partial charge on any atom is -0.444 e. The highest BCUT2D eigenvalue weighted by atomic mass is 19.1. The maximum absolute atomic E-state index is 14.0. The van der Waals surface area contributed by atoms with Gasteiger partial charge in [0.15, 0.2) is 0 Å². The van der Waals surface area contributed by atoms with Crippen LogP contribution in [-0.2, 0) is 10.2 Å². The molecule has 0 bridgehead atoms. The van der Waals surface area contributed by atoms with Crippen LogP contribution in [0.4, 0.5) is 9.18 Å². The summed E-state index contributed by atoms with van der Waals surface area (Å²) >= 11 is 0. The van der Waals surface area contributed by atoms with E-state index in [0.717, 1.165) is 5.56 Å². The highest BCUT2D eigenvalue weighted by molar-refractivity contribution is 5.67. The number of halogens is 1. The van der Waals surface area contributed by atoms with Crippen molar-refractivity contribution >= 4 is 6.09 Å². The Hall–Kier alpha value is -1.62. The van der Waals surface area contributed by atoms with Gasteiger partial charge in [-0.05, 0) is 39.3 Å². The van der Waals surface area contributed by atoms with E-state index in [0.29, 0.717) is 5.56 Å². The van der Waals surface area contributed by atoms with Crippen LogP contribution in [0.2, 0.25) is 0 Å². The van der Waals surface area contributed by atoms with Crippen LogP contribution < -0.4 is 11.1 Å². The lowest BCUT2D eigenvalue weighted by molar-refractivity contribution is 0.0516. The maximum atomic E-state index is 14.0. The van der Waals surface area contributed by atoms with E-state index in [1.807, 2.05) is 13.8 Å².